The van der Waals surface area contributed by atoms with Crippen LogP contribution in [0.2, 0.25) is 0 Å². The van der Waals surface area contributed by atoms with Gasteiger partial charge in [0.2, 0.25) is 5.91 Å². The van der Waals surface area contributed by atoms with Crippen molar-refractivity contribution in [2.45, 2.75) is 51.1 Å². The van der Waals surface area contributed by atoms with Crippen LogP contribution in [0, 0.1) is 6.92 Å². The average molecular weight is 541 g/mol. The van der Waals surface area contributed by atoms with Crippen molar-refractivity contribution in [3.63, 3.8) is 0 Å². The molecule has 8 nitrogen and oxygen atoms in total. The second-order valence-electron chi connectivity index (χ2n) is 10.9. The Labute approximate surface area is 237 Å². The average Bonchev–Trinajstić information content (AvgIpc) is 3.78. The van der Waals surface area contributed by atoms with Crippen LogP contribution in [0.1, 0.15) is 53.6 Å². The zero-order valence-electron chi connectivity index (χ0n) is 23.6. The first-order chi connectivity index (χ1) is 19.5. The second kappa shape index (κ2) is 13.2. The molecule has 8 heteroatoms. The number of aryl methyl sites for hydroxylation is 1. The first-order valence-corrected chi connectivity index (χ1v) is 14.5. The molecule has 3 aromatic rings. The number of hydrogen-bond acceptors (Lipinski definition) is 6. The summed E-state index contributed by atoms with van der Waals surface area (Å²) in [6.07, 6.45) is 5.95. The fourth-order valence-corrected chi connectivity index (χ4v) is 5.42. The number of carbonyl (C=O) groups excluding carboxylic acids is 2. The van der Waals surface area contributed by atoms with Crippen molar-refractivity contribution in [2.75, 3.05) is 39.3 Å². The first-order valence-electron chi connectivity index (χ1n) is 14.5. The SMILES string of the molecule is CCN1CCN(C(=O)[C@H](CCCN[C@@H]2C[C@H]2c2ccc(C)cc2)NC(=O)c2ccc(-c3ncccn3)cc2)CC1. The van der Waals surface area contributed by atoms with E-state index in [9.17, 15) is 9.59 Å². The van der Waals surface area contributed by atoms with Crippen LogP contribution in [0.3, 0.4) is 0 Å². The molecule has 0 bridgehead atoms. The molecular formula is C32H40N6O2. The lowest BCUT2D eigenvalue weighted by atomic mass is 10.1. The van der Waals surface area contributed by atoms with Gasteiger partial charge in [-0.2, -0.15) is 0 Å². The van der Waals surface area contributed by atoms with E-state index in [4.69, 9.17) is 0 Å². The molecule has 0 radical (unpaired) electrons. The number of carbonyl (C=O) groups is 2. The van der Waals surface area contributed by atoms with Crippen molar-refractivity contribution in [2.24, 2.45) is 0 Å². The Kier molecular flexibility index (Phi) is 9.19. The molecule has 2 aliphatic rings. The summed E-state index contributed by atoms with van der Waals surface area (Å²) in [6.45, 7) is 9.20. The van der Waals surface area contributed by atoms with Gasteiger partial charge in [0.05, 0.1) is 0 Å². The Balaban J connectivity index is 1.17. The quantitative estimate of drug-likeness (QED) is 0.361. The normalized spacial score (nSPS) is 19.7. The third kappa shape index (κ3) is 7.11. The number of nitrogens with one attached hydrogen (secondary N) is 2. The number of hydrogen-bond donors (Lipinski definition) is 2. The molecule has 2 N–H and O–H groups in total. The van der Waals surface area contributed by atoms with Gasteiger partial charge in [0.1, 0.15) is 6.04 Å². The maximum Gasteiger partial charge on any atom is 0.251 e. The highest BCUT2D eigenvalue weighted by Crippen LogP contribution is 2.40. The highest BCUT2D eigenvalue weighted by Gasteiger charge is 2.37. The van der Waals surface area contributed by atoms with E-state index in [1.165, 1.54) is 11.1 Å². The molecule has 1 saturated carbocycles. The highest BCUT2D eigenvalue weighted by molar-refractivity contribution is 5.97. The van der Waals surface area contributed by atoms with E-state index in [2.05, 4.69) is 63.6 Å². The van der Waals surface area contributed by atoms with Gasteiger partial charge in [0, 0.05) is 61.7 Å². The summed E-state index contributed by atoms with van der Waals surface area (Å²) in [5, 5.41) is 6.71. The molecule has 5 rings (SSSR count). The smallest absolute Gasteiger partial charge is 0.251 e. The van der Waals surface area contributed by atoms with Crippen LogP contribution in [-0.4, -0.2) is 82.9 Å². The number of benzene rings is 2. The van der Waals surface area contributed by atoms with Gasteiger partial charge >= 0.3 is 0 Å². The lowest BCUT2D eigenvalue weighted by Gasteiger charge is -2.36. The second-order valence-corrected chi connectivity index (χ2v) is 10.9. The fraction of sp³-hybridized carbons (Fsp3) is 0.438. The lowest BCUT2D eigenvalue weighted by molar-refractivity contribution is -0.135. The molecule has 1 aromatic heterocycles. The Morgan fingerprint density at radius 1 is 0.975 bits per heavy atom. The number of likely N-dealkylation sites (N-methyl/N-ethyl adjacent to an activating group) is 1. The largest absolute Gasteiger partial charge is 0.340 e. The van der Waals surface area contributed by atoms with E-state index in [-0.39, 0.29) is 11.8 Å². The zero-order valence-corrected chi connectivity index (χ0v) is 23.6. The van der Waals surface area contributed by atoms with Crippen molar-refractivity contribution in [1.82, 2.24) is 30.4 Å². The molecule has 2 fully saturated rings. The van der Waals surface area contributed by atoms with Crippen LogP contribution in [0.5, 0.6) is 0 Å². The number of piperazine rings is 1. The van der Waals surface area contributed by atoms with Crippen LogP contribution in [-0.2, 0) is 4.79 Å². The van der Waals surface area contributed by atoms with Crippen molar-refractivity contribution in [1.29, 1.82) is 0 Å². The molecule has 1 aliphatic heterocycles. The van der Waals surface area contributed by atoms with Gasteiger partial charge in [-0.25, -0.2) is 9.97 Å². The van der Waals surface area contributed by atoms with Gasteiger partial charge in [-0.1, -0.05) is 48.9 Å². The minimum absolute atomic E-state index is 0.0161. The van der Waals surface area contributed by atoms with Crippen molar-refractivity contribution >= 4 is 11.8 Å². The van der Waals surface area contributed by atoms with Crippen molar-refractivity contribution in [3.8, 4) is 11.4 Å². The summed E-state index contributed by atoms with van der Waals surface area (Å²) in [5.41, 5.74) is 4.03. The van der Waals surface area contributed by atoms with Crippen molar-refractivity contribution < 1.29 is 9.59 Å². The van der Waals surface area contributed by atoms with E-state index < -0.39 is 6.04 Å². The van der Waals surface area contributed by atoms with Gasteiger partial charge in [-0.3, -0.25) is 9.59 Å². The van der Waals surface area contributed by atoms with Crippen LogP contribution >= 0.6 is 0 Å². The number of rotatable bonds is 11. The lowest BCUT2D eigenvalue weighted by Crippen LogP contribution is -2.55. The molecular weight excluding hydrogens is 500 g/mol. The van der Waals surface area contributed by atoms with E-state index in [0.717, 1.165) is 44.6 Å². The highest BCUT2D eigenvalue weighted by atomic mass is 16.2. The van der Waals surface area contributed by atoms with Crippen LogP contribution < -0.4 is 10.6 Å². The predicted molar refractivity (Wildman–Crippen MR) is 157 cm³/mol. The molecule has 1 aliphatic carbocycles. The number of aromatic nitrogens is 2. The summed E-state index contributed by atoms with van der Waals surface area (Å²) < 4.78 is 0. The molecule has 1 saturated heterocycles. The fourth-order valence-electron chi connectivity index (χ4n) is 5.42. The Bertz CT molecular complexity index is 1260. The van der Waals surface area contributed by atoms with E-state index in [1.54, 1.807) is 30.6 Å². The predicted octanol–water partition coefficient (Wildman–Crippen LogP) is 3.64. The Morgan fingerprint density at radius 3 is 2.35 bits per heavy atom. The summed E-state index contributed by atoms with van der Waals surface area (Å²) >= 11 is 0. The third-order valence-corrected chi connectivity index (χ3v) is 8.08. The topological polar surface area (TPSA) is 90.5 Å². The summed E-state index contributed by atoms with van der Waals surface area (Å²) in [7, 11) is 0. The van der Waals surface area contributed by atoms with Gasteiger partial charge in [0.25, 0.3) is 5.91 Å². The third-order valence-electron chi connectivity index (χ3n) is 8.08. The summed E-state index contributed by atoms with van der Waals surface area (Å²) in [5.74, 6) is 0.960. The maximum atomic E-state index is 13.6. The maximum absolute atomic E-state index is 13.6. The Hall–Kier alpha value is -3.62. The molecule has 2 heterocycles. The minimum atomic E-state index is -0.549. The number of nitrogens with zero attached hydrogens (tertiary/aromatic N) is 4. The molecule has 2 amide bonds. The Morgan fingerprint density at radius 2 is 1.68 bits per heavy atom. The van der Waals surface area contributed by atoms with Crippen LogP contribution in [0.15, 0.2) is 67.0 Å². The molecule has 210 valence electrons. The first kappa shape index (κ1) is 27.9. The standard InChI is InChI=1S/C32H40N6O2/c1-3-37-18-20-38(21-19-37)32(40)28(6-4-15-33-29-22-27(29)24-9-7-23(2)8-10-24)36-31(39)26-13-11-25(12-14-26)30-34-16-5-17-35-30/h5,7-14,16-17,27-29,33H,3-4,6,15,18-22H2,1-2H3,(H,36,39)/t27-,28-,29+/m0/s1. The number of amides is 2. The van der Waals surface area contributed by atoms with Gasteiger partial charge in [0.15, 0.2) is 5.82 Å². The minimum Gasteiger partial charge on any atom is -0.340 e. The van der Waals surface area contributed by atoms with Gasteiger partial charge in [-0.05, 0) is 63.0 Å². The molecule has 40 heavy (non-hydrogen) atoms. The molecule has 0 unspecified atom stereocenters. The summed E-state index contributed by atoms with van der Waals surface area (Å²) in [4.78, 5) is 39.6. The van der Waals surface area contributed by atoms with E-state index in [0.29, 0.717) is 42.9 Å². The van der Waals surface area contributed by atoms with Crippen molar-refractivity contribution in [3.05, 3.63) is 83.7 Å². The molecule has 2 aromatic carbocycles. The zero-order chi connectivity index (χ0) is 27.9. The van der Waals surface area contributed by atoms with Crippen LogP contribution in [0.4, 0.5) is 0 Å². The summed E-state index contributed by atoms with van der Waals surface area (Å²) in [6, 6.07) is 17.7. The van der Waals surface area contributed by atoms with Crippen LogP contribution in [0.25, 0.3) is 11.4 Å². The molecule has 3 atom stereocenters. The molecule has 0 spiro atoms. The van der Waals surface area contributed by atoms with Gasteiger partial charge in [-0.15, -0.1) is 0 Å². The van der Waals surface area contributed by atoms with Gasteiger partial charge < -0.3 is 20.4 Å². The van der Waals surface area contributed by atoms with E-state index in [1.807, 2.05) is 17.0 Å². The van der Waals surface area contributed by atoms with E-state index >= 15 is 0 Å². The monoisotopic (exact) mass is 540 g/mol.